The summed E-state index contributed by atoms with van der Waals surface area (Å²) in [7, 11) is 3.43. The first-order valence-corrected chi connectivity index (χ1v) is 10.5. The lowest BCUT2D eigenvalue weighted by Gasteiger charge is -2.56. The largest absolute Gasteiger partial charge is 0.508 e. The summed E-state index contributed by atoms with van der Waals surface area (Å²) in [6.45, 7) is 1.70. The van der Waals surface area contributed by atoms with Crippen LogP contribution in [0.25, 0.3) is 0 Å². The van der Waals surface area contributed by atoms with Gasteiger partial charge < -0.3 is 41.9 Å². The van der Waals surface area contributed by atoms with Crippen LogP contribution in [0.5, 0.6) is 5.75 Å². The molecule has 4 unspecified atom stereocenters. The lowest BCUT2D eigenvalue weighted by Crippen LogP contribution is -2.69. The highest BCUT2D eigenvalue weighted by Crippen LogP contribution is 2.58. The number of hydrogen-bond donors (Lipinski definition) is 7. The number of anilines is 2. The van der Waals surface area contributed by atoms with E-state index in [-0.39, 0.29) is 11.3 Å². The van der Waals surface area contributed by atoms with Crippen molar-refractivity contribution in [2.75, 3.05) is 24.7 Å². The van der Waals surface area contributed by atoms with E-state index in [1.54, 1.807) is 25.9 Å². The lowest BCUT2D eigenvalue weighted by molar-refractivity contribution is -0.209. The molecule has 0 radical (unpaired) electrons. The first-order valence-electron chi connectivity index (χ1n) is 10.5. The Balaban J connectivity index is 1.98. The molecule has 11 nitrogen and oxygen atoms in total. The van der Waals surface area contributed by atoms with Gasteiger partial charge in [0, 0.05) is 38.0 Å². The van der Waals surface area contributed by atoms with E-state index < -0.39 is 82.5 Å². The number of Topliss-reactive ketones (excluding diaryl/α,β-unsaturated/α-hetero) is 2. The van der Waals surface area contributed by atoms with E-state index in [4.69, 9.17) is 11.5 Å². The number of amides is 1. The van der Waals surface area contributed by atoms with Gasteiger partial charge in [-0.1, -0.05) is 6.92 Å². The average molecular weight is 461 g/mol. The Bertz CT molecular complexity index is 1130. The number of benzene rings is 1. The highest BCUT2D eigenvalue weighted by atomic mass is 16.4. The molecule has 7 atom stereocenters. The van der Waals surface area contributed by atoms with Gasteiger partial charge in [-0.2, -0.15) is 0 Å². The maximum Gasteiger partial charge on any atom is 0.255 e. The molecule has 178 valence electrons. The Hall–Kier alpha value is -3.15. The Morgan fingerprint density at radius 2 is 1.82 bits per heavy atom. The summed E-state index contributed by atoms with van der Waals surface area (Å²) in [5.74, 6) is -9.09. The summed E-state index contributed by atoms with van der Waals surface area (Å²) in [5.41, 5.74) is 8.27. The zero-order chi connectivity index (χ0) is 24.7. The summed E-state index contributed by atoms with van der Waals surface area (Å²) in [4.78, 5) is 39.5. The molecule has 0 aliphatic heterocycles. The standard InChI is InChI=1S/C22H27N3O8/c1-6-11-9(25(2)3)5-8(23)17(28)14(11)18(29)15-12(6)16(27)7-4-10(26)13(21(24)32)19(30)22(7,33)20(15)31/h5-7,12,15-16,20,27-28,30-31,33H,4,23H2,1-3H3,(H2,24,32)/t6-,7?,12?,15?,16+,20+,22?/m0/s1. The van der Waals surface area contributed by atoms with Crippen molar-refractivity contribution >= 4 is 28.8 Å². The molecule has 3 aliphatic carbocycles. The van der Waals surface area contributed by atoms with Crippen LogP contribution in [-0.2, 0) is 9.59 Å². The number of aromatic hydroxyl groups is 1. The second kappa shape index (κ2) is 7.17. The van der Waals surface area contributed by atoms with E-state index in [1.807, 2.05) is 0 Å². The Labute approximate surface area is 188 Å². The first kappa shape index (κ1) is 23.0. The maximum absolute atomic E-state index is 13.6. The van der Waals surface area contributed by atoms with Crippen molar-refractivity contribution in [2.45, 2.75) is 37.1 Å². The molecule has 1 saturated carbocycles. The number of nitrogens with two attached hydrogens (primary N) is 2. The molecular weight excluding hydrogens is 434 g/mol. The molecule has 3 aliphatic rings. The highest BCUT2D eigenvalue weighted by Gasteiger charge is 2.67. The third kappa shape index (κ3) is 2.76. The van der Waals surface area contributed by atoms with Gasteiger partial charge in [0.1, 0.15) is 23.2 Å². The molecule has 0 heterocycles. The van der Waals surface area contributed by atoms with Gasteiger partial charge in [0.15, 0.2) is 17.2 Å². The zero-order valence-corrected chi connectivity index (χ0v) is 18.3. The van der Waals surface area contributed by atoms with Gasteiger partial charge in [-0.3, -0.25) is 14.4 Å². The van der Waals surface area contributed by atoms with E-state index in [9.17, 15) is 39.9 Å². The second-order valence-corrected chi connectivity index (χ2v) is 9.36. The quantitative estimate of drug-likeness (QED) is 0.161. The molecule has 1 aromatic carbocycles. The van der Waals surface area contributed by atoms with Crippen LogP contribution in [0.2, 0.25) is 0 Å². The Morgan fingerprint density at radius 1 is 1.21 bits per heavy atom. The van der Waals surface area contributed by atoms with Gasteiger partial charge in [0.2, 0.25) is 0 Å². The van der Waals surface area contributed by atoms with Gasteiger partial charge >= 0.3 is 0 Å². The van der Waals surface area contributed by atoms with Crippen molar-refractivity contribution in [2.24, 2.45) is 23.5 Å². The Morgan fingerprint density at radius 3 is 2.36 bits per heavy atom. The highest BCUT2D eigenvalue weighted by molar-refractivity contribution is 6.20. The maximum atomic E-state index is 13.6. The number of fused-ring (bicyclic) bond motifs is 3. The third-order valence-electron chi connectivity index (χ3n) is 7.54. The number of ketones is 2. The fourth-order valence-electron chi connectivity index (χ4n) is 5.98. The summed E-state index contributed by atoms with van der Waals surface area (Å²) in [6, 6.07) is 1.50. The van der Waals surface area contributed by atoms with E-state index in [2.05, 4.69) is 0 Å². The number of carbonyl (C=O) groups is 3. The van der Waals surface area contributed by atoms with Crippen molar-refractivity contribution in [3.05, 3.63) is 28.5 Å². The van der Waals surface area contributed by atoms with Gasteiger partial charge in [-0.15, -0.1) is 0 Å². The number of rotatable bonds is 2. The molecular formula is C22H27N3O8. The number of aliphatic hydroxyl groups is 4. The van der Waals surface area contributed by atoms with Crippen LogP contribution in [0.1, 0.15) is 35.2 Å². The molecule has 0 aromatic heterocycles. The number of hydrogen-bond acceptors (Lipinski definition) is 10. The molecule has 0 bridgehead atoms. The predicted octanol–water partition coefficient (Wildman–Crippen LogP) is -1.07. The van der Waals surface area contributed by atoms with Crippen LogP contribution in [0.3, 0.4) is 0 Å². The van der Waals surface area contributed by atoms with Crippen molar-refractivity contribution < 1.29 is 39.9 Å². The summed E-state index contributed by atoms with van der Waals surface area (Å²) in [5, 5.41) is 55.2. The molecule has 9 N–H and O–H groups in total. The van der Waals surface area contributed by atoms with Crippen LogP contribution in [0.15, 0.2) is 17.4 Å². The SMILES string of the molecule is C[C@H]1c2c(N(C)C)cc(N)c(O)c2C(=O)C2C1[C@H](O)C1CC(=O)C(C(N)=O)=C(O)C1(O)[C@@H]2O. The van der Waals surface area contributed by atoms with E-state index in [0.29, 0.717) is 11.3 Å². The first-order chi connectivity index (χ1) is 15.3. The fourth-order valence-corrected chi connectivity index (χ4v) is 5.98. The van der Waals surface area contributed by atoms with Crippen LogP contribution < -0.4 is 16.4 Å². The third-order valence-corrected chi connectivity index (χ3v) is 7.54. The number of nitrogens with zero attached hydrogens (tertiary/aromatic N) is 1. The van der Waals surface area contributed by atoms with Gasteiger partial charge in [-0.25, -0.2) is 0 Å². The number of primary amides is 1. The monoisotopic (exact) mass is 461 g/mol. The molecule has 4 rings (SSSR count). The van der Waals surface area contributed by atoms with E-state index in [1.165, 1.54) is 6.07 Å². The number of aliphatic hydroxyl groups excluding tert-OH is 3. The van der Waals surface area contributed by atoms with E-state index >= 15 is 0 Å². The Kier molecular flexibility index (Phi) is 5.00. The fraction of sp³-hybridized carbons (Fsp3) is 0.500. The smallest absolute Gasteiger partial charge is 0.255 e. The number of nitrogen functional groups attached to an aromatic ring is 1. The van der Waals surface area contributed by atoms with E-state index in [0.717, 1.165) is 0 Å². The molecule has 0 spiro atoms. The molecule has 0 saturated heterocycles. The molecule has 1 aromatic rings. The van der Waals surface area contributed by atoms with Crippen molar-refractivity contribution in [3.63, 3.8) is 0 Å². The minimum atomic E-state index is -2.67. The van der Waals surface area contributed by atoms with Gasteiger partial charge in [-0.05, 0) is 17.5 Å². The predicted molar refractivity (Wildman–Crippen MR) is 115 cm³/mol. The second-order valence-electron chi connectivity index (χ2n) is 9.36. The molecule has 1 amide bonds. The minimum Gasteiger partial charge on any atom is -0.508 e. The van der Waals surface area contributed by atoms with Gasteiger partial charge in [0.25, 0.3) is 5.91 Å². The zero-order valence-electron chi connectivity index (χ0n) is 18.3. The van der Waals surface area contributed by atoms with Crippen molar-refractivity contribution in [3.8, 4) is 5.75 Å². The lowest BCUT2D eigenvalue weighted by atomic mass is 9.51. The van der Waals surface area contributed by atoms with Crippen LogP contribution in [-0.4, -0.2) is 74.9 Å². The number of carbonyl (C=O) groups excluding carboxylic acids is 3. The minimum absolute atomic E-state index is 0.0686. The van der Waals surface area contributed by atoms with Crippen molar-refractivity contribution in [1.82, 2.24) is 0 Å². The molecule has 33 heavy (non-hydrogen) atoms. The number of phenolic OH excluding ortho intramolecular Hbond substituents is 1. The summed E-state index contributed by atoms with van der Waals surface area (Å²) >= 11 is 0. The topological polar surface area (TPSA) is 208 Å². The number of phenols is 1. The normalized spacial score (nSPS) is 35.6. The summed E-state index contributed by atoms with van der Waals surface area (Å²) < 4.78 is 0. The molecule has 11 heteroatoms. The van der Waals surface area contributed by atoms with Crippen LogP contribution >= 0.6 is 0 Å². The van der Waals surface area contributed by atoms with Crippen molar-refractivity contribution in [1.29, 1.82) is 0 Å². The summed E-state index contributed by atoms with van der Waals surface area (Å²) in [6.07, 6.45) is -4.10. The van der Waals surface area contributed by atoms with Gasteiger partial charge in [0.05, 0.1) is 23.3 Å². The van der Waals surface area contributed by atoms with Crippen LogP contribution in [0, 0.1) is 17.8 Å². The average Bonchev–Trinajstić information content (AvgIpc) is 2.72. The van der Waals surface area contributed by atoms with Crippen LogP contribution in [0.4, 0.5) is 11.4 Å². The molecule has 1 fully saturated rings.